The highest BCUT2D eigenvalue weighted by molar-refractivity contribution is 5.83. The molecule has 5 nitrogen and oxygen atoms in total. The number of anilines is 1. The Morgan fingerprint density at radius 3 is 2.94 bits per heavy atom. The van der Waals surface area contributed by atoms with Gasteiger partial charge in [-0.25, -0.2) is 4.98 Å². The molecule has 2 aromatic heterocycles. The molecule has 17 heavy (non-hydrogen) atoms. The predicted molar refractivity (Wildman–Crippen MR) is 66.5 cm³/mol. The monoisotopic (exact) mass is 227 g/mol. The van der Waals surface area contributed by atoms with E-state index >= 15 is 0 Å². The number of nitrogens with zero attached hydrogens (tertiary/aromatic N) is 4. The van der Waals surface area contributed by atoms with Crippen molar-refractivity contribution in [3.63, 3.8) is 0 Å². The van der Waals surface area contributed by atoms with Crippen molar-refractivity contribution in [1.29, 1.82) is 0 Å². The number of hydrogen-bond acceptors (Lipinski definition) is 3. The van der Waals surface area contributed by atoms with Gasteiger partial charge in [0.25, 0.3) is 0 Å². The minimum atomic E-state index is 0.698. The Morgan fingerprint density at radius 1 is 1.29 bits per heavy atom. The molecule has 5 heteroatoms. The molecule has 2 N–H and O–H groups in total. The number of hydrogen-bond donors (Lipinski definition) is 1. The third-order valence-electron chi connectivity index (χ3n) is 2.91. The molecule has 0 amide bonds. The first kappa shape index (κ1) is 9.89. The van der Waals surface area contributed by atoms with Crippen LogP contribution in [-0.2, 0) is 13.6 Å². The molecule has 0 aliphatic heterocycles. The third kappa shape index (κ3) is 1.65. The van der Waals surface area contributed by atoms with E-state index in [0.29, 0.717) is 6.54 Å². The molecule has 0 unspecified atom stereocenters. The molecular formula is C12H13N5. The quantitative estimate of drug-likeness (QED) is 0.673. The molecule has 86 valence electrons. The van der Waals surface area contributed by atoms with Crippen molar-refractivity contribution in [2.45, 2.75) is 6.54 Å². The largest absolute Gasteiger partial charge is 0.399 e. The molecule has 3 rings (SSSR count). The second-order valence-electron chi connectivity index (χ2n) is 4.06. The van der Waals surface area contributed by atoms with Crippen LogP contribution >= 0.6 is 0 Å². The van der Waals surface area contributed by atoms with Gasteiger partial charge in [-0.15, -0.1) is 0 Å². The lowest BCUT2D eigenvalue weighted by Gasteiger charge is -2.05. The second-order valence-corrected chi connectivity index (χ2v) is 4.06. The van der Waals surface area contributed by atoms with Crippen LogP contribution in [0, 0.1) is 0 Å². The Bertz CT molecular complexity index is 664. The first-order valence-electron chi connectivity index (χ1n) is 5.41. The normalized spacial score (nSPS) is 11.1. The summed E-state index contributed by atoms with van der Waals surface area (Å²) in [5, 5.41) is 5.24. The van der Waals surface area contributed by atoms with E-state index in [9.17, 15) is 0 Å². The van der Waals surface area contributed by atoms with E-state index in [1.54, 1.807) is 11.0 Å². The first-order valence-corrected chi connectivity index (χ1v) is 5.41. The molecule has 0 radical (unpaired) electrons. The van der Waals surface area contributed by atoms with Gasteiger partial charge in [0.1, 0.15) is 12.2 Å². The Morgan fingerprint density at radius 2 is 2.18 bits per heavy atom. The van der Waals surface area contributed by atoms with Crippen molar-refractivity contribution in [3.8, 4) is 0 Å². The summed E-state index contributed by atoms with van der Waals surface area (Å²) >= 11 is 0. The molecule has 0 saturated carbocycles. The molecular weight excluding hydrogens is 214 g/mol. The maximum absolute atomic E-state index is 5.81. The summed E-state index contributed by atoms with van der Waals surface area (Å²) in [5.74, 6) is 0.921. The highest BCUT2D eigenvalue weighted by Crippen LogP contribution is 2.19. The van der Waals surface area contributed by atoms with E-state index < -0.39 is 0 Å². The fourth-order valence-electron chi connectivity index (χ4n) is 1.95. The van der Waals surface area contributed by atoms with Crippen LogP contribution in [0.5, 0.6) is 0 Å². The van der Waals surface area contributed by atoms with Gasteiger partial charge in [-0.3, -0.25) is 4.68 Å². The lowest BCUT2D eigenvalue weighted by molar-refractivity contribution is 0.664. The number of benzene rings is 1. The van der Waals surface area contributed by atoms with Crippen molar-refractivity contribution < 1.29 is 0 Å². The SMILES string of the molecule is Cn1ncnc1Cn1ccc2ccc(N)cc21. The van der Waals surface area contributed by atoms with Gasteiger partial charge in [0.15, 0.2) is 0 Å². The standard InChI is InChI=1S/C12H13N5/c1-16-12(14-8-15-16)7-17-5-4-9-2-3-10(13)6-11(9)17/h2-6,8H,7,13H2,1H3. The smallest absolute Gasteiger partial charge is 0.146 e. The highest BCUT2D eigenvalue weighted by Gasteiger charge is 2.05. The zero-order chi connectivity index (χ0) is 11.8. The minimum Gasteiger partial charge on any atom is -0.399 e. The number of fused-ring (bicyclic) bond motifs is 1. The Labute approximate surface area is 98.5 Å². The average Bonchev–Trinajstić information content (AvgIpc) is 2.88. The molecule has 0 spiro atoms. The van der Waals surface area contributed by atoms with Crippen LogP contribution in [0.2, 0.25) is 0 Å². The van der Waals surface area contributed by atoms with Gasteiger partial charge < -0.3 is 10.3 Å². The topological polar surface area (TPSA) is 61.7 Å². The Balaban J connectivity index is 2.06. The van der Waals surface area contributed by atoms with Gasteiger partial charge in [0, 0.05) is 18.9 Å². The molecule has 0 fully saturated rings. The summed E-state index contributed by atoms with van der Waals surface area (Å²) in [6.07, 6.45) is 3.61. The fourth-order valence-corrected chi connectivity index (χ4v) is 1.95. The summed E-state index contributed by atoms with van der Waals surface area (Å²) in [4.78, 5) is 4.22. The molecule has 0 bridgehead atoms. The number of nitrogens with two attached hydrogens (primary N) is 1. The van der Waals surface area contributed by atoms with Gasteiger partial charge >= 0.3 is 0 Å². The summed E-state index contributed by atoms with van der Waals surface area (Å²) < 4.78 is 3.90. The number of aromatic nitrogens is 4. The number of aryl methyl sites for hydroxylation is 1. The van der Waals surface area contributed by atoms with Crippen LogP contribution in [-0.4, -0.2) is 19.3 Å². The van der Waals surface area contributed by atoms with E-state index in [-0.39, 0.29) is 0 Å². The van der Waals surface area contributed by atoms with E-state index in [0.717, 1.165) is 17.0 Å². The Kier molecular flexibility index (Phi) is 2.11. The van der Waals surface area contributed by atoms with E-state index in [4.69, 9.17) is 5.73 Å². The summed E-state index contributed by atoms with van der Waals surface area (Å²) in [5.41, 5.74) is 7.70. The van der Waals surface area contributed by atoms with Crippen LogP contribution in [0.3, 0.4) is 0 Å². The van der Waals surface area contributed by atoms with Crippen LogP contribution in [0.1, 0.15) is 5.82 Å². The summed E-state index contributed by atoms with van der Waals surface area (Å²) in [6, 6.07) is 7.99. The zero-order valence-corrected chi connectivity index (χ0v) is 9.54. The van der Waals surface area contributed by atoms with Crippen molar-refractivity contribution in [1.82, 2.24) is 19.3 Å². The van der Waals surface area contributed by atoms with Gasteiger partial charge in [0.05, 0.1) is 12.1 Å². The van der Waals surface area contributed by atoms with Crippen LogP contribution in [0.25, 0.3) is 10.9 Å². The van der Waals surface area contributed by atoms with Crippen molar-refractivity contribution in [2.24, 2.45) is 7.05 Å². The molecule has 0 saturated heterocycles. The number of rotatable bonds is 2. The predicted octanol–water partition coefficient (Wildman–Crippen LogP) is 1.40. The lowest BCUT2D eigenvalue weighted by atomic mass is 10.2. The van der Waals surface area contributed by atoms with Gasteiger partial charge in [-0.2, -0.15) is 5.10 Å². The lowest BCUT2D eigenvalue weighted by Crippen LogP contribution is -2.05. The van der Waals surface area contributed by atoms with Gasteiger partial charge in [0.2, 0.25) is 0 Å². The van der Waals surface area contributed by atoms with Crippen molar-refractivity contribution >= 4 is 16.6 Å². The van der Waals surface area contributed by atoms with Crippen molar-refractivity contribution in [2.75, 3.05) is 5.73 Å². The zero-order valence-electron chi connectivity index (χ0n) is 9.54. The van der Waals surface area contributed by atoms with Crippen molar-refractivity contribution in [3.05, 3.63) is 42.6 Å². The summed E-state index contributed by atoms with van der Waals surface area (Å²) in [7, 11) is 1.89. The summed E-state index contributed by atoms with van der Waals surface area (Å²) in [6.45, 7) is 0.698. The fraction of sp³-hybridized carbons (Fsp3) is 0.167. The molecule has 0 aliphatic rings. The van der Waals surface area contributed by atoms with E-state index in [1.165, 1.54) is 5.39 Å². The average molecular weight is 227 g/mol. The Hall–Kier alpha value is -2.30. The molecule has 3 aromatic rings. The molecule has 0 aliphatic carbocycles. The number of nitrogen functional groups attached to an aromatic ring is 1. The maximum atomic E-state index is 5.81. The van der Waals surface area contributed by atoms with E-state index in [2.05, 4.69) is 20.7 Å². The molecule has 2 heterocycles. The van der Waals surface area contributed by atoms with Gasteiger partial charge in [-0.1, -0.05) is 6.07 Å². The maximum Gasteiger partial charge on any atom is 0.146 e. The second kappa shape index (κ2) is 3.62. The highest BCUT2D eigenvalue weighted by atomic mass is 15.3. The first-order chi connectivity index (χ1) is 8.24. The minimum absolute atomic E-state index is 0.698. The third-order valence-corrected chi connectivity index (χ3v) is 2.91. The van der Waals surface area contributed by atoms with Crippen LogP contribution < -0.4 is 5.73 Å². The van der Waals surface area contributed by atoms with Crippen LogP contribution in [0.15, 0.2) is 36.8 Å². The molecule has 0 atom stereocenters. The van der Waals surface area contributed by atoms with Crippen LogP contribution in [0.4, 0.5) is 5.69 Å². The van der Waals surface area contributed by atoms with E-state index in [1.807, 2.05) is 31.4 Å². The van der Waals surface area contributed by atoms with Gasteiger partial charge in [-0.05, 0) is 23.6 Å². The molecule has 1 aromatic carbocycles.